The minimum atomic E-state index is -2.27. The average Bonchev–Trinajstić information content (AvgIpc) is 1.84. The number of carboxylic acids is 2. The summed E-state index contributed by atoms with van der Waals surface area (Å²) in [6.07, 6.45) is -4.53. The maximum Gasteiger partial charge on any atom is 0.335 e. The van der Waals surface area contributed by atoms with Crippen molar-refractivity contribution in [1.29, 1.82) is 0 Å². The fourth-order valence-corrected chi connectivity index (χ4v) is 0.270. The van der Waals surface area contributed by atoms with E-state index in [9.17, 15) is 9.59 Å². The molecule has 11 heavy (non-hydrogen) atoms. The Morgan fingerprint density at radius 1 is 0.909 bits per heavy atom. The van der Waals surface area contributed by atoms with E-state index < -0.39 is 24.1 Å². The van der Waals surface area contributed by atoms with Gasteiger partial charge in [-0.3, -0.25) is 0 Å². The van der Waals surface area contributed by atoms with E-state index in [-0.39, 0.29) is 51.4 Å². The second kappa shape index (κ2) is 6.06. The van der Waals surface area contributed by atoms with Gasteiger partial charge in [0.1, 0.15) is 0 Å². The van der Waals surface area contributed by atoms with E-state index in [2.05, 4.69) is 0 Å². The zero-order valence-electron chi connectivity index (χ0n) is 5.76. The molecular weight excluding hydrogens is 183 g/mol. The number of carboxylic acid groups (broad SMARTS) is 2. The number of hydrogen-bond acceptors (Lipinski definition) is 4. The van der Waals surface area contributed by atoms with Crippen LogP contribution < -0.4 is 0 Å². The fraction of sp³-hybridized carbons (Fsp3) is 0.500. The van der Waals surface area contributed by atoms with Crippen LogP contribution >= 0.6 is 0 Å². The van der Waals surface area contributed by atoms with E-state index in [1.807, 2.05) is 0 Å². The van der Waals surface area contributed by atoms with Crippen LogP contribution in [0.4, 0.5) is 0 Å². The van der Waals surface area contributed by atoms with Crippen molar-refractivity contribution in [2.24, 2.45) is 0 Å². The SMILES string of the molecule is O=C(O)[C@H](O)[C@@H](O)C(=O)O.[K]. The van der Waals surface area contributed by atoms with Gasteiger partial charge in [-0.1, -0.05) is 0 Å². The van der Waals surface area contributed by atoms with Crippen molar-refractivity contribution in [2.75, 3.05) is 0 Å². The summed E-state index contributed by atoms with van der Waals surface area (Å²) in [6.45, 7) is 0. The van der Waals surface area contributed by atoms with Crippen molar-refractivity contribution in [2.45, 2.75) is 12.2 Å². The van der Waals surface area contributed by atoms with Crippen molar-refractivity contribution < 1.29 is 30.0 Å². The molecule has 0 aliphatic rings. The molecule has 0 aliphatic carbocycles. The van der Waals surface area contributed by atoms with Crippen LogP contribution in [0.2, 0.25) is 0 Å². The molecular formula is C4H6KO6. The molecule has 0 rings (SSSR count). The molecule has 7 heteroatoms. The molecule has 6 nitrogen and oxygen atoms in total. The molecule has 0 aromatic heterocycles. The van der Waals surface area contributed by atoms with E-state index in [1.54, 1.807) is 0 Å². The second-order valence-corrected chi connectivity index (χ2v) is 1.57. The maximum atomic E-state index is 9.77. The summed E-state index contributed by atoms with van der Waals surface area (Å²) in [5.74, 6) is -3.54. The first-order valence-corrected chi connectivity index (χ1v) is 2.28. The summed E-state index contributed by atoms with van der Waals surface area (Å²) in [7, 11) is 0. The molecule has 0 heterocycles. The van der Waals surface area contributed by atoms with Crippen LogP contribution in [0.5, 0.6) is 0 Å². The first kappa shape index (κ1) is 14.0. The largest absolute Gasteiger partial charge is 0.479 e. The van der Waals surface area contributed by atoms with Gasteiger partial charge in [-0.25, -0.2) is 9.59 Å². The smallest absolute Gasteiger partial charge is 0.335 e. The van der Waals surface area contributed by atoms with Gasteiger partial charge >= 0.3 is 11.9 Å². The van der Waals surface area contributed by atoms with E-state index in [0.717, 1.165) is 0 Å². The molecule has 2 atom stereocenters. The third-order valence-corrected chi connectivity index (χ3v) is 0.805. The van der Waals surface area contributed by atoms with E-state index in [4.69, 9.17) is 20.4 Å². The Balaban J connectivity index is 0. The van der Waals surface area contributed by atoms with Crippen LogP contribution in [-0.4, -0.2) is 96.0 Å². The summed E-state index contributed by atoms with van der Waals surface area (Å²) in [6, 6.07) is 0. The molecule has 0 spiro atoms. The predicted molar refractivity (Wildman–Crippen MR) is 33.0 cm³/mol. The maximum absolute atomic E-state index is 9.77. The summed E-state index contributed by atoms with van der Waals surface area (Å²) in [4.78, 5) is 19.5. The van der Waals surface area contributed by atoms with Crippen molar-refractivity contribution in [1.82, 2.24) is 0 Å². The normalized spacial score (nSPS) is 14.4. The molecule has 4 N–H and O–H groups in total. The van der Waals surface area contributed by atoms with E-state index >= 15 is 0 Å². The van der Waals surface area contributed by atoms with Crippen LogP contribution in [0.3, 0.4) is 0 Å². The molecule has 0 amide bonds. The van der Waals surface area contributed by atoms with Crippen LogP contribution in [0, 0.1) is 0 Å². The van der Waals surface area contributed by atoms with E-state index in [1.165, 1.54) is 0 Å². The van der Waals surface area contributed by atoms with Gasteiger partial charge in [0.15, 0.2) is 12.2 Å². The van der Waals surface area contributed by atoms with Crippen LogP contribution in [0.1, 0.15) is 0 Å². The van der Waals surface area contributed by atoms with Crippen molar-refractivity contribution in [3.8, 4) is 0 Å². The van der Waals surface area contributed by atoms with Gasteiger partial charge in [0.2, 0.25) is 0 Å². The number of hydrogen-bond donors (Lipinski definition) is 4. The molecule has 59 valence electrons. The van der Waals surface area contributed by atoms with Gasteiger partial charge < -0.3 is 20.4 Å². The molecule has 0 aromatic carbocycles. The average molecular weight is 189 g/mol. The molecule has 0 saturated carbocycles. The zero-order chi connectivity index (χ0) is 8.31. The molecule has 0 unspecified atom stereocenters. The van der Waals surface area contributed by atoms with Gasteiger partial charge in [-0.2, -0.15) is 0 Å². The Morgan fingerprint density at radius 2 is 1.09 bits per heavy atom. The molecule has 0 fully saturated rings. The first-order chi connectivity index (χ1) is 4.46. The molecule has 0 bridgehead atoms. The molecule has 0 saturated heterocycles. The van der Waals surface area contributed by atoms with Crippen molar-refractivity contribution >= 4 is 63.3 Å². The molecule has 1 radical (unpaired) electrons. The molecule has 0 aliphatic heterocycles. The van der Waals surface area contributed by atoms with Gasteiger partial charge in [0, 0.05) is 51.4 Å². The van der Waals surface area contributed by atoms with Crippen LogP contribution in [-0.2, 0) is 9.59 Å². The topological polar surface area (TPSA) is 115 Å². The Labute approximate surface area is 104 Å². The summed E-state index contributed by atoms with van der Waals surface area (Å²) in [5.41, 5.74) is 0. The Bertz CT molecular complexity index is 139. The number of aliphatic hydroxyl groups excluding tert-OH is 2. The number of rotatable bonds is 3. The zero-order valence-corrected chi connectivity index (χ0v) is 8.88. The minimum absolute atomic E-state index is 0. The standard InChI is InChI=1S/C4H6O6.K/c5-1(3(7)8)2(6)4(9)10;/h1-2,5-6H,(H,7,8)(H,9,10);/t1-,2-;/m1./s1. The Morgan fingerprint density at radius 3 is 1.18 bits per heavy atom. The van der Waals surface area contributed by atoms with Crippen LogP contribution in [0.25, 0.3) is 0 Å². The first-order valence-electron chi connectivity index (χ1n) is 2.28. The van der Waals surface area contributed by atoms with Crippen molar-refractivity contribution in [3.05, 3.63) is 0 Å². The minimum Gasteiger partial charge on any atom is -0.479 e. The molecule has 0 aromatic rings. The fourth-order valence-electron chi connectivity index (χ4n) is 0.270. The predicted octanol–water partition coefficient (Wildman–Crippen LogP) is -2.50. The Kier molecular flexibility index (Phi) is 7.74. The quantitative estimate of drug-likeness (QED) is 0.365. The number of aliphatic carboxylic acids is 2. The third-order valence-electron chi connectivity index (χ3n) is 0.805. The summed E-state index contributed by atoms with van der Waals surface area (Å²) in [5, 5.41) is 32.5. The second-order valence-electron chi connectivity index (χ2n) is 1.57. The number of aliphatic hydroxyl groups is 2. The van der Waals surface area contributed by atoms with Gasteiger partial charge in [0.05, 0.1) is 0 Å². The van der Waals surface area contributed by atoms with Crippen LogP contribution in [0.15, 0.2) is 0 Å². The van der Waals surface area contributed by atoms with Gasteiger partial charge in [-0.05, 0) is 0 Å². The third kappa shape index (κ3) is 4.85. The van der Waals surface area contributed by atoms with Gasteiger partial charge in [-0.15, -0.1) is 0 Å². The van der Waals surface area contributed by atoms with E-state index in [0.29, 0.717) is 0 Å². The Hall–Kier alpha value is 0.496. The summed E-state index contributed by atoms with van der Waals surface area (Å²) >= 11 is 0. The monoisotopic (exact) mass is 189 g/mol. The van der Waals surface area contributed by atoms with Gasteiger partial charge in [0.25, 0.3) is 0 Å². The summed E-state index contributed by atoms with van der Waals surface area (Å²) < 4.78 is 0. The number of carbonyl (C=O) groups is 2. The van der Waals surface area contributed by atoms with Crippen molar-refractivity contribution in [3.63, 3.8) is 0 Å².